The Kier molecular flexibility index (Phi) is 3.25. The van der Waals surface area contributed by atoms with Crippen LogP contribution in [-0.2, 0) is 11.8 Å². The Hall–Kier alpha value is -2.83. The highest BCUT2D eigenvalue weighted by Gasteiger charge is 2.31. The highest BCUT2D eigenvalue weighted by molar-refractivity contribution is 5.98. The number of hydrogen-bond acceptors (Lipinski definition) is 4. The second-order valence-electron chi connectivity index (χ2n) is 5.78. The molecule has 0 saturated carbocycles. The van der Waals surface area contributed by atoms with Crippen molar-refractivity contribution >= 4 is 28.7 Å². The average Bonchev–Trinajstić information content (AvgIpc) is 3.15. The first-order valence-corrected chi connectivity index (χ1v) is 7.73. The number of aromatic nitrogens is 4. The summed E-state index contributed by atoms with van der Waals surface area (Å²) in [6.07, 6.45) is 3.57. The number of carbonyl (C=O) groups is 1. The zero-order valence-corrected chi connectivity index (χ0v) is 12.9. The lowest BCUT2D eigenvalue weighted by Crippen LogP contribution is -2.48. The van der Waals surface area contributed by atoms with Crippen molar-refractivity contribution in [2.24, 2.45) is 7.05 Å². The van der Waals surface area contributed by atoms with Gasteiger partial charge in [-0.05, 0) is 25.0 Å². The molecule has 3 heterocycles. The predicted octanol–water partition coefficient (Wildman–Crippen LogP) is 1.90. The van der Waals surface area contributed by atoms with E-state index in [0.29, 0.717) is 18.3 Å². The molecule has 1 aliphatic rings. The molecule has 1 saturated heterocycles. The number of aromatic amines is 1. The maximum absolute atomic E-state index is 12.7. The van der Waals surface area contributed by atoms with Gasteiger partial charge in [-0.25, -0.2) is 4.98 Å². The molecule has 2 aromatic heterocycles. The summed E-state index contributed by atoms with van der Waals surface area (Å²) in [7, 11) is 1.85. The Labute approximate surface area is 133 Å². The van der Waals surface area contributed by atoms with Crippen LogP contribution in [0.1, 0.15) is 12.8 Å². The van der Waals surface area contributed by atoms with E-state index in [-0.39, 0.29) is 11.9 Å². The van der Waals surface area contributed by atoms with Crippen molar-refractivity contribution in [2.75, 3.05) is 16.8 Å². The van der Waals surface area contributed by atoms with Crippen molar-refractivity contribution in [3.63, 3.8) is 0 Å². The smallest absolute Gasteiger partial charge is 0.250 e. The fourth-order valence-corrected chi connectivity index (χ4v) is 2.97. The molecule has 1 fully saturated rings. The van der Waals surface area contributed by atoms with Crippen LogP contribution in [0.15, 0.2) is 36.5 Å². The van der Waals surface area contributed by atoms with Gasteiger partial charge in [0.1, 0.15) is 6.04 Å². The van der Waals surface area contributed by atoms with Gasteiger partial charge in [0.05, 0.1) is 11.0 Å². The van der Waals surface area contributed by atoms with E-state index in [2.05, 4.69) is 20.4 Å². The van der Waals surface area contributed by atoms with E-state index in [1.807, 2.05) is 43.6 Å². The number of benzene rings is 1. The lowest BCUT2D eigenvalue weighted by atomic mass is 10.1. The molecule has 4 rings (SSSR count). The third-order valence-electron chi connectivity index (χ3n) is 4.12. The summed E-state index contributed by atoms with van der Waals surface area (Å²) < 4.78 is 1.71. The van der Waals surface area contributed by atoms with Crippen LogP contribution in [0.25, 0.3) is 11.0 Å². The summed E-state index contributed by atoms with van der Waals surface area (Å²) in [5.74, 6) is 1.37. The monoisotopic (exact) mass is 310 g/mol. The fraction of sp³-hybridized carbons (Fsp3) is 0.312. The number of para-hydroxylation sites is 2. The minimum absolute atomic E-state index is 0.0374. The molecule has 23 heavy (non-hydrogen) atoms. The fourth-order valence-electron chi connectivity index (χ4n) is 2.97. The number of carbonyl (C=O) groups excluding carboxylic acids is 1. The topological polar surface area (TPSA) is 78.8 Å². The van der Waals surface area contributed by atoms with Gasteiger partial charge >= 0.3 is 0 Å². The number of H-pyrrole nitrogens is 1. The quantitative estimate of drug-likeness (QED) is 0.774. The van der Waals surface area contributed by atoms with Gasteiger partial charge in [-0.15, -0.1) is 0 Å². The summed E-state index contributed by atoms with van der Waals surface area (Å²) in [6, 6.07) is 9.39. The Morgan fingerprint density at radius 3 is 2.96 bits per heavy atom. The number of piperidine rings is 1. The van der Waals surface area contributed by atoms with Gasteiger partial charge in [-0.1, -0.05) is 12.1 Å². The molecule has 1 unspecified atom stereocenters. The van der Waals surface area contributed by atoms with E-state index >= 15 is 0 Å². The van der Waals surface area contributed by atoms with E-state index in [1.165, 1.54) is 0 Å². The van der Waals surface area contributed by atoms with Crippen LogP contribution >= 0.6 is 0 Å². The van der Waals surface area contributed by atoms with Crippen LogP contribution in [0.2, 0.25) is 0 Å². The Morgan fingerprint density at radius 2 is 2.17 bits per heavy atom. The summed E-state index contributed by atoms with van der Waals surface area (Å²) in [5.41, 5.74) is 1.85. The van der Waals surface area contributed by atoms with Crippen molar-refractivity contribution in [3.05, 3.63) is 36.5 Å². The molecule has 2 N–H and O–H groups in total. The van der Waals surface area contributed by atoms with Gasteiger partial charge in [0, 0.05) is 25.9 Å². The van der Waals surface area contributed by atoms with Crippen LogP contribution in [0.4, 0.5) is 11.8 Å². The number of imidazole rings is 1. The molecule has 7 heteroatoms. The van der Waals surface area contributed by atoms with Crippen LogP contribution in [0.5, 0.6) is 0 Å². The number of fused-ring (bicyclic) bond motifs is 1. The maximum Gasteiger partial charge on any atom is 0.250 e. The van der Waals surface area contributed by atoms with E-state index in [9.17, 15) is 4.79 Å². The lowest BCUT2D eigenvalue weighted by Gasteiger charge is -2.31. The molecular weight excluding hydrogens is 292 g/mol. The first kappa shape index (κ1) is 13.8. The molecule has 0 radical (unpaired) electrons. The Balaban J connectivity index is 1.55. The van der Waals surface area contributed by atoms with E-state index in [0.717, 1.165) is 23.9 Å². The summed E-state index contributed by atoms with van der Waals surface area (Å²) >= 11 is 0. The minimum atomic E-state index is -0.286. The summed E-state index contributed by atoms with van der Waals surface area (Å²) in [5, 5.41) is 7.57. The largest absolute Gasteiger partial charge is 0.344 e. The minimum Gasteiger partial charge on any atom is -0.344 e. The Morgan fingerprint density at radius 1 is 1.30 bits per heavy atom. The number of anilines is 2. The zero-order valence-electron chi connectivity index (χ0n) is 12.9. The molecule has 0 spiro atoms. The first-order valence-electron chi connectivity index (χ1n) is 7.73. The molecule has 3 aromatic rings. The third kappa shape index (κ3) is 2.54. The van der Waals surface area contributed by atoms with Crippen molar-refractivity contribution in [1.29, 1.82) is 0 Å². The molecule has 1 atom stereocenters. The first-order chi connectivity index (χ1) is 11.2. The van der Waals surface area contributed by atoms with Crippen molar-refractivity contribution in [1.82, 2.24) is 19.7 Å². The summed E-state index contributed by atoms with van der Waals surface area (Å²) in [4.78, 5) is 22.2. The number of hydrogen-bond donors (Lipinski definition) is 2. The number of nitrogens with one attached hydrogen (secondary N) is 2. The van der Waals surface area contributed by atoms with Crippen LogP contribution in [-0.4, -0.2) is 38.2 Å². The second-order valence-corrected chi connectivity index (χ2v) is 5.78. The van der Waals surface area contributed by atoms with Crippen LogP contribution < -0.4 is 10.2 Å². The lowest BCUT2D eigenvalue weighted by molar-refractivity contribution is -0.120. The van der Waals surface area contributed by atoms with Gasteiger partial charge in [0.15, 0.2) is 5.82 Å². The SMILES string of the molecule is Cn1ccc(N2CCCC(Nc3nc4ccccc4[nH]3)C2=O)n1. The van der Waals surface area contributed by atoms with Gasteiger partial charge in [0.25, 0.3) is 5.91 Å². The van der Waals surface area contributed by atoms with Gasteiger partial charge in [-0.3, -0.25) is 14.4 Å². The Bertz CT molecular complexity index is 818. The van der Waals surface area contributed by atoms with Gasteiger partial charge in [-0.2, -0.15) is 5.10 Å². The van der Waals surface area contributed by atoms with E-state index in [4.69, 9.17) is 0 Å². The zero-order chi connectivity index (χ0) is 15.8. The van der Waals surface area contributed by atoms with Gasteiger partial charge in [0.2, 0.25) is 5.95 Å². The van der Waals surface area contributed by atoms with E-state index < -0.39 is 0 Å². The number of aryl methyl sites for hydroxylation is 1. The normalized spacial score (nSPS) is 18.6. The predicted molar refractivity (Wildman–Crippen MR) is 88.3 cm³/mol. The van der Waals surface area contributed by atoms with Crippen molar-refractivity contribution < 1.29 is 4.79 Å². The average molecular weight is 310 g/mol. The molecule has 1 aliphatic heterocycles. The number of rotatable bonds is 3. The molecule has 118 valence electrons. The molecule has 7 nitrogen and oxygen atoms in total. The number of amides is 1. The standard InChI is InChI=1S/C16H18N6O/c1-21-10-8-14(20-21)22-9-4-7-13(15(22)23)19-16-17-11-5-2-3-6-12(11)18-16/h2-3,5-6,8,10,13H,4,7,9H2,1H3,(H2,17,18,19). The molecule has 1 amide bonds. The maximum atomic E-state index is 12.7. The highest BCUT2D eigenvalue weighted by atomic mass is 16.2. The molecule has 1 aromatic carbocycles. The molecule has 0 aliphatic carbocycles. The second kappa shape index (κ2) is 5.42. The van der Waals surface area contributed by atoms with Crippen LogP contribution in [0, 0.1) is 0 Å². The van der Waals surface area contributed by atoms with Crippen LogP contribution in [0.3, 0.4) is 0 Å². The van der Waals surface area contributed by atoms with Gasteiger partial charge < -0.3 is 10.3 Å². The van der Waals surface area contributed by atoms with E-state index in [1.54, 1.807) is 9.58 Å². The molecular formula is C16H18N6O. The van der Waals surface area contributed by atoms with Crippen molar-refractivity contribution in [3.8, 4) is 0 Å². The number of nitrogens with zero attached hydrogens (tertiary/aromatic N) is 4. The molecule has 0 bridgehead atoms. The summed E-state index contributed by atoms with van der Waals surface area (Å²) in [6.45, 7) is 0.703. The highest BCUT2D eigenvalue weighted by Crippen LogP contribution is 2.22. The third-order valence-corrected chi connectivity index (χ3v) is 4.12. The van der Waals surface area contributed by atoms with Crippen molar-refractivity contribution in [2.45, 2.75) is 18.9 Å².